The Morgan fingerprint density at radius 1 is 1.06 bits per heavy atom. The third-order valence-corrected chi connectivity index (χ3v) is 4.40. The zero-order valence-electron chi connectivity index (χ0n) is 12.6. The first-order valence-electron chi connectivity index (χ1n) is 7.06. The van der Waals surface area contributed by atoms with Gasteiger partial charge in [-0.15, -0.1) is 0 Å². The number of rotatable bonds is 7. The monoisotopic (exact) mass is 244 g/mol. The van der Waals surface area contributed by atoms with E-state index in [1.807, 2.05) is 13.8 Å². The second-order valence-electron chi connectivity index (χ2n) is 6.55. The van der Waals surface area contributed by atoms with Crippen LogP contribution in [-0.2, 0) is 0 Å². The van der Waals surface area contributed by atoms with Crippen molar-refractivity contribution in [1.82, 2.24) is 0 Å². The van der Waals surface area contributed by atoms with Crippen LogP contribution in [0.5, 0.6) is 0 Å². The molecule has 0 heterocycles. The third-order valence-electron chi connectivity index (χ3n) is 4.40. The van der Waals surface area contributed by atoms with Gasteiger partial charge in [-0.25, -0.2) is 0 Å². The largest absolute Gasteiger partial charge is 0.393 e. The summed E-state index contributed by atoms with van der Waals surface area (Å²) in [5, 5.41) is 20.3. The van der Waals surface area contributed by atoms with E-state index in [1.165, 1.54) is 0 Å². The average Bonchev–Trinajstić information content (AvgIpc) is 2.26. The topological polar surface area (TPSA) is 40.5 Å². The first-order chi connectivity index (χ1) is 7.66. The maximum absolute atomic E-state index is 10.2. The Balaban J connectivity index is 4.05. The molecular formula is C15H32O2. The van der Waals surface area contributed by atoms with E-state index < -0.39 is 5.60 Å². The lowest BCUT2D eigenvalue weighted by atomic mass is 9.77. The zero-order chi connectivity index (χ0) is 13.7. The van der Waals surface area contributed by atoms with E-state index in [0.29, 0.717) is 5.92 Å². The van der Waals surface area contributed by atoms with Crippen LogP contribution in [0.25, 0.3) is 0 Å². The fourth-order valence-electron chi connectivity index (χ4n) is 2.07. The van der Waals surface area contributed by atoms with Gasteiger partial charge in [-0.05, 0) is 43.4 Å². The molecule has 2 N–H and O–H groups in total. The Labute approximate surface area is 107 Å². The van der Waals surface area contributed by atoms with Crippen molar-refractivity contribution in [1.29, 1.82) is 0 Å². The summed E-state index contributed by atoms with van der Waals surface area (Å²) in [6.45, 7) is 12.6. The highest BCUT2D eigenvalue weighted by molar-refractivity contribution is 4.79. The molecule has 0 aliphatic heterocycles. The molecule has 0 spiro atoms. The van der Waals surface area contributed by atoms with Crippen LogP contribution in [0.2, 0.25) is 0 Å². The van der Waals surface area contributed by atoms with Crippen molar-refractivity contribution < 1.29 is 10.2 Å². The minimum Gasteiger partial charge on any atom is -0.393 e. The summed E-state index contributed by atoms with van der Waals surface area (Å²) in [6, 6.07) is 0. The van der Waals surface area contributed by atoms with Crippen LogP contribution in [0.1, 0.15) is 73.6 Å². The molecule has 0 saturated carbocycles. The molecule has 2 unspecified atom stereocenters. The maximum atomic E-state index is 10.2. The minimum absolute atomic E-state index is 0.144. The van der Waals surface area contributed by atoms with Gasteiger partial charge < -0.3 is 10.2 Å². The van der Waals surface area contributed by atoms with Crippen molar-refractivity contribution in [2.75, 3.05) is 0 Å². The summed E-state index contributed by atoms with van der Waals surface area (Å²) in [4.78, 5) is 0. The fourth-order valence-corrected chi connectivity index (χ4v) is 2.07. The number of aliphatic hydroxyl groups excluding tert-OH is 1. The van der Waals surface area contributed by atoms with Gasteiger partial charge in [-0.2, -0.15) is 0 Å². The van der Waals surface area contributed by atoms with Gasteiger partial charge in [0.1, 0.15) is 0 Å². The van der Waals surface area contributed by atoms with Crippen LogP contribution in [-0.4, -0.2) is 21.9 Å². The molecule has 0 saturated heterocycles. The molecule has 104 valence electrons. The molecule has 0 aromatic heterocycles. The van der Waals surface area contributed by atoms with Gasteiger partial charge in [0.05, 0.1) is 11.7 Å². The van der Waals surface area contributed by atoms with E-state index in [-0.39, 0.29) is 11.5 Å². The normalized spacial score (nSPS) is 16.9. The molecule has 17 heavy (non-hydrogen) atoms. The molecule has 0 aliphatic carbocycles. The Morgan fingerprint density at radius 3 is 1.88 bits per heavy atom. The Hall–Kier alpha value is -0.0800. The van der Waals surface area contributed by atoms with Gasteiger partial charge in [0.2, 0.25) is 0 Å². The van der Waals surface area contributed by atoms with Crippen LogP contribution in [0, 0.1) is 11.3 Å². The van der Waals surface area contributed by atoms with E-state index >= 15 is 0 Å². The first kappa shape index (κ1) is 16.9. The van der Waals surface area contributed by atoms with Gasteiger partial charge in [0.15, 0.2) is 0 Å². The van der Waals surface area contributed by atoms with E-state index in [1.54, 1.807) is 0 Å². The molecule has 0 aromatic rings. The van der Waals surface area contributed by atoms with Gasteiger partial charge in [-0.3, -0.25) is 0 Å². The molecule has 0 radical (unpaired) electrons. The number of hydrogen-bond acceptors (Lipinski definition) is 2. The number of aliphatic hydroxyl groups is 2. The smallest absolute Gasteiger partial charge is 0.0642 e. The summed E-state index contributed by atoms with van der Waals surface area (Å²) in [5.74, 6) is 0.291. The van der Waals surface area contributed by atoms with E-state index in [2.05, 4.69) is 27.7 Å². The van der Waals surface area contributed by atoms with Crippen molar-refractivity contribution in [3.63, 3.8) is 0 Å². The van der Waals surface area contributed by atoms with Crippen molar-refractivity contribution in [3.8, 4) is 0 Å². The van der Waals surface area contributed by atoms with Gasteiger partial charge >= 0.3 is 0 Å². The summed E-state index contributed by atoms with van der Waals surface area (Å²) in [6.07, 6.45) is 3.84. The molecule has 2 heteroatoms. The van der Waals surface area contributed by atoms with E-state index in [0.717, 1.165) is 32.1 Å². The van der Waals surface area contributed by atoms with Crippen molar-refractivity contribution in [3.05, 3.63) is 0 Å². The molecule has 2 nitrogen and oxygen atoms in total. The summed E-state index contributed by atoms with van der Waals surface area (Å²) in [5.41, 5.74) is -0.379. The van der Waals surface area contributed by atoms with Gasteiger partial charge in [0, 0.05) is 0 Å². The lowest BCUT2D eigenvalue weighted by molar-refractivity contribution is 0.00836. The molecular weight excluding hydrogens is 212 g/mol. The minimum atomic E-state index is -0.523. The molecule has 0 fully saturated rings. The van der Waals surface area contributed by atoms with Gasteiger partial charge in [0.25, 0.3) is 0 Å². The summed E-state index contributed by atoms with van der Waals surface area (Å²) in [7, 11) is 0. The fraction of sp³-hybridized carbons (Fsp3) is 1.00. The van der Waals surface area contributed by atoms with Crippen LogP contribution >= 0.6 is 0 Å². The predicted molar refractivity (Wildman–Crippen MR) is 74.0 cm³/mol. The summed E-state index contributed by atoms with van der Waals surface area (Å²) >= 11 is 0. The highest BCUT2D eigenvalue weighted by Crippen LogP contribution is 2.31. The molecule has 0 aliphatic rings. The molecule has 0 rings (SSSR count). The SMILES string of the molecule is CCC(O)(CC)CCCC(O)C(C)C(C)(C)C. The highest BCUT2D eigenvalue weighted by atomic mass is 16.3. The van der Waals surface area contributed by atoms with Crippen molar-refractivity contribution in [2.24, 2.45) is 11.3 Å². The second kappa shape index (κ2) is 6.75. The van der Waals surface area contributed by atoms with Crippen LogP contribution in [0.15, 0.2) is 0 Å². The standard InChI is InChI=1S/C15H32O2/c1-7-15(17,8-2)11-9-10-13(16)12(3)14(4,5)6/h12-13,16-17H,7-11H2,1-6H3. The van der Waals surface area contributed by atoms with Crippen LogP contribution < -0.4 is 0 Å². The average molecular weight is 244 g/mol. The Bertz CT molecular complexity index is 201. The maximum Gasteiger partial charge on any atom is 0.0642 e. The molecule has 0 bridgehead atoms. The van der Waals surface area contributed by atoms with Crippen molar-refractivity contribution in [2.45, 2.75) is 85.4 Å². The Kier molecular flexibility index (Phi) is 6.71. The molecule has 0 amide bonds. The highest BCUT2D eigenvalue weighted by Gasteiger charge is 2.28. The van der Waals surface area contributed by atoms with Crippen molar-refractivity contribution >= 4 is 0 Å². The molecule has 0 aromatic carbocycles. The summed E-state index contributed by atoms with van der Waals surface area (Å²) < 4.78 is 0. The van der Waals surface area contributed by atoms with Gasteiger partial charge in [-0.1, -0.05) is 41.5 Å². The predicted octanol–water partition coefficient (Wildman–Crippen LogP) is 3.75. The quantitative estimate of drug-likeness (QED) is 0.716. The van der Waals surface area contributed by atoms with E-state index in [4.69, 9.17) is 0 Å². The third kappa shape index (κ3) is 5.87. The zero-order valence-corrected chi connectivity index (χ0v) is 12.6. The first-order valence-corrected chi connectivity index (χ1v) is 7.06. The van der Waals surface area contributed by atoms with Crippen LogP contribution in [0.4, 0.5) is 0 Å². The second-order valence-corrected chi connectivity index (χ2v) is 6.55. The molecule has 2 atom stereocenters. The lowest BCUT2D eigenvalue weighted by Gasteiger charge is -2.32. The Morgan fingerprint density at radius 2 is 1.53 bits per heavy atom. The van der Waals surface area contributed by atoms with Crippen LogP contribution in [0.3, 0.4) is 0 Å². The van der Waals surface area contributed by atoms with E-state index in [9.17, 15) is 10.2 Å². The lowest BCUT2D eigenvalue weighted by Crippen LogP contribution is -2.31. The number of hydrogen-bond donors (Lipinski definition) is 2.